The molecule has 25 heavy (non-hydrogen) atoms. The molecule has 2 heterocycles. The summed E-state index contributed by atoms with van der Waals surface area (Å²) in [6.45, 7) is 2.03. The average molecular weight is 429 g/mol. The highest BCUT2D eigenvalue weighted by atomic mass is 79.9. The van der Waals surface area contributed by atoms with Crippen molar-refractivity contribution >= 4 is 63.0 Å². The second-order valence-corrected chi connectivity index (χ2v) is 8.34. The number of allylic oxidation sites excluding steroid dienone is 1. The first-order chi connectivity index (χ1) is 12.0. The van der Waals surface area contributed by atoms with Gasteiger partial charge in [-0.3, -0.25) is 9.56 Å². The molecule has 2 aromatic carbocycles. The molecule has 1 N–H and O–H groups in total. The lowest BCUT2D eigenvalue weighted by Crippen LogP contribution is -1.93. The normalized spacial score (nSPS) is 14.2. The molecule has 1 aliphatic heterocycles. The van der Waals surface area contributed by atoms with Crippen molar-refractivity contribution in [1.82, 2.24) is 4.57 Å². The van der Waals surface area contributed by atoms with Crippen molar-refractivity contribution < 1.29 is 5.11 Å². The van der Waals surface area contributed by atoms with E-state index in [9.17, 15) is 5.11 Å². The van der Waals surface area contributed by atoms with E-state index >= 15 is 0 Å². The zero-order chi connectivity index (χ0) is 17.6. The lowest BCUT2D eigenvalue weighted by atomic mass is 10.1. The summed E-state index contributed by atoms with van der Waals surface area (Å²) in [5.41, 5.74) is 4.94. The van der Waals surface area contributed by atoms with Crippen molar-refractivity contribution in [2.45, 2.75) is 6.92 Å². The third-order valence-corrected chi connectivity index (χ3v) is 5.81. The number of benzene rings is 2. The van der Waals surface area contributed by atoms with Gasteiger partial charge in [0, 0.05) is 21.8 Å². The molecule has 3 nitrogen and oxygen atoms in total. The minimum Gasteiger partial charge on any atom is -0.493 e. The molecule has 3 aromatic rings. The van der Waals surface area contributed by atoms with Gasteiger partial charge in [0.2, 0.25) is 5.88 Å². The molecule has 0 radical (unpaired) electrons. The molecular weight excluding hydrogens is 416 g/mol. The Morgan fingerprint density at radius 2 is 1.96 bits per heavy atom. The molecule has 0 fully saturated rings. The van der Waals surface area contributed by atoms with Crippen molar-refractivity contribution in [3.05, 3.63) is 66.9 Å². The third kappa shape index (κ3) is 3.01. The molecule has 1 aromatic heterocycles. The number of halogens is 1. The van der Waals surface area contributed by atoms with Crippen molar-refractivity contribution in [2.75, 3.05) is 0 Å². The Morgan fingerprint density at radius 1 is 1.20 bits per heavy atom. The SMILES string of the molecule is Cc1ccc(-n2c(O)c(C=C3C=Nc4ccc(Br)cc43)sc2=S)cc1. The van der Waals surface area contributed by atoms with Gasteiger partial charge in [-0.05, 0) is 55.5 Å². The van der Waals surface area contributed by atoms with Gasteiger partial charge in [0.15, 0.2) is 3.95 Å². The summed E-state index contributed by atoms with van der Waals surface area (Å²) in [6, 6.07) is 13.9. The van der Waals surface area contributed by atoms with Crippen LogP contribution in [0.5, 0.6) is 5.88 Å². The monoisotopic (exact) mass is 428 g/mol. The van der Waals surface area contributed by atoms with Crippen LogP contribution in [-0.4, -0.2) is 15.9 Å². The maximum atomic E-state index is 10.7. The maximum absolute atomic E-state index is 10.7. The first-order valence-corrected chi connectivity index (χ1v) is 9.62. The maximum Gasteiger partial charge on any atom is 0.215 e. The van der Waals surface area contributed by atoms with Crippen LogP contribution in [0.4, 0.5) is 5.69 Å². The quantitative estimate of drug-likeness (QED) is 0.486. The number of hydrogen-bond acceptors (Lipinski definition) is 4. The van der Waals surface area contributed by atoms with E-state index in [1.165, 1.54) is 11.3 Å². The van der Waals surface area contributed by atoms with Crippen LogP contribution in [-0.2, 0) is 0 Å². The van der Waals surface area contributed by atoms with Crippen LogP contribution in [0.3, 0.4) is 0 Å². The molecule has 0 amide bonds. The lowest BCUT2D eigenvalue weighted by Gasteiger charge is -2.05. The Balaban J connectivity index is 1.81. The lowest BCUT2D eigenvalue weighted by molar-refractivity contribution is 0.441. The molecule has 124 valence electrons. The van der Waals surface area contributed by atoms with Crippen LogP contribution in [0.2, 0.25) is 0 Å². The highest BCUT2D eigenvalue weighted by molar-refractivity contribution is 9.10. The van der Waals surface area contributed by atoms with Gasteiger partial charge in [-0.15, -0.1) is 11.3 Å². The first kappa shape index (κ1) is 16.4. The molecule has 0 spiro atoms. The number of aromatic nitrogens is 1. The second-order valence-electron chi connectivity index (χ2n) is 5.75. The zero-order valence-electron chi connectivity index (χ0n) is 13.2. The number of aryl methyl sites for hydroxylation is 1. The number of fused-ring (bicyclic) bond motifs is 1. The van der Waals surface area contributed by atoms with Gasteiger partial charge in [0.25, 0.3) is 0 Å². The largest absolute Gasteiger partial charge is 0.493 e. The molecule has 0 unspecified atom stereocenters. The van der Waals surface area contributed by atoms with Crippen LogP contribution in [0, 0.1) is 10.9 Å². The predicted octanol–water partition coefficient (Wildman–Crippen LogP) is 6.30. The standard InChI is InChI=1S/C19H13BrN2OS2/c1-11-2-5-14(6-3-11)22-18(23)17(25-19(22)24)8-12-10-21-16-7-4-13(20)9-15(12)16/h2-10,23H,1H3. The van der Waals surface area contributed by atoms with E-state index in [1.807, 2.05) is 61.7 Å². The summed E-state index contributed by atoms with van der Waals surface area (Å²) in [7, 11) is 0. The number of thiazole rings is 1. The number of aliphatic imine (C=N–C) groups is 1. The van der Waals surface area contributed by atoms with E-state index < -0.39 is 0 Å². The zero-order valence-corrected chi connectivity index (χ0v) is 16.5. The van der Waals surface area contributed by atoms with E-state index in [2.05, 4.69) is 20.9 Å². The van der Waals surface area contributed by atoms with E-state index in [-0.39, 0.29) is 5.88 Å². The van der Waals surface area contributed by atoms with Crippen molar-refractivity contribution in [3.8, 4) is 11.6 Å². The smallest absolute Gasteiger partial charge is 0.215 e. The predicted molar refractivity (Wildman–Crippen MR) is 111 cm³/mol. The molecule has 1 aliphatic rings. The van der Waals surface area contributed by atoms with E-state index in [0.29, 0.717) is 3.95 Å². The fourth-order valence-corrected chi connectivity index (χ4v) is 4.38. The summed E-state index contributed by atoms with van der Waals surface area (Å²) in [5.74, 6) is 0.156. The Hall–Kier alpha value is -2.02. The van der Waals surface area contributed by atoms with Crippen LogP contribution < -0.4 is 0 Å². The Labute approximate surface area is 162 Å². The van der Waals surface area contributed by atoms with Crippen molar-refractivity contribution in [3.63, 3.8) is 0 Å². The van der Waals surface area contributed by atoms with Gasteiger partial charge in [-0.2, -0.15) is 0 Å². The van der Waals surface area contributed by atoms with Crippen LogP contribution in [0.25, 0.3) is 17.3 Å². The summed E-state index contributed by atoms with van der Waals surface area (Å²) in [5, 5.41) is 10.7. The highest BCUT2D eigenvalue weighted by Crippen LogP contribution is 2.38. The fraction of sp³-hybridized carbons (Fsp3) is 0.0526. The number of nitrogens with zero attached hydrogens (tertiary/aromatic N) is 2. The summed E-state index contributed by atoms with van der Waals surface area (Å²) in [6.07, 6.45) is 3.75. The van der Waals surface area contributed by atoms with Gasteiger partial charge < -0.3 is 5.11 Å². The Kier molecular flexibility index (Phi) is 4.19. The number of aromatic hydroxyl groups is 1. The first-order valence-electron chi connectivity index (χ1n) is 7.60. The molecule has 0 aliphatic carbocycles. The summed E-state index contributed by atoms with van der Waals surface area (Å²) >= 11 is 10.3. The summed E-state index contributed by atoms with van der Waals surface area (Å²) in [4.78, 5) is 5.14. The van der Waals surface area contributed by atoms with Crippen molar-refractivity contribution in [2.24, 2.45) is 4.99 Å². The molecule has 6 heteroatoms. The minimum absolute atomic E-state index is 0.156. The number of rotatable bonds is 2. The van der Waals surface area contributed by atoms with E-state index in [0.717, 1.165) is 37.4 Å². The van der Waals surface area contributed by atoms with Crippen LogP contribution >= 0.6 is 39.5 Å². The Bertz CT molecular complexity index is 1090. The number of hydrogen-bond donors (Lipinski definition) is 1. The summed E-state index contributed by atoms with van der Waals surface area (Å²) < 4.78 is 3.30. The molecule has 0 atom stereocenters. The van der Waals surface area contributed by atoms with Crippen LogP contribution in [0.1, 0.15) is 16.0 Å². The molecule has 0 bridgehead atoms. The average Bonchev–Trinajstić information content (AvgIpc) is 3.10. The topological polar surface area (TPSA) is 37.5 Å². The molecule has 0 saturated carbocycles. The van der Waals surface area contributed by atoms with Gasteiger partial charge >= 0.3 is 0 Å². The van der Waals surface area contributed by atoms with Crippen molar-refractivity contribution in [1.29, 1.82) is 0 Å². The molecular formula is C19H13BrN2OS2. The minimum atomic E-state index is 0.156. The third-order valence-electron chi connectivity index (χ3n) is 4.00. The van der Waals surface area contributed by atoms with Gasteiger partial charge in [0.1, 0.15) is 0 Å². The second kappa shape index (κ2) is 6.37. The van der Waals surface area contributed by atoms with Gasteiger partial charge in [-0.25, -0.2) is 0 Å². The van der Waals surface area contributed by atoms with Gasteiger partial charge in [-0.1, -0.05) is 33.6 Å². The molecule has 0 saturated heterocycles. The Morgan fingerprint density at radius 3 is 2.72 bits per heavy atom. The fourth-order valence-electron chi connectivity index (χ4n) is 2.71. The van der Waals surface area contributed by atoms with Gasteiger partial charge in [0.05, 0.1) is 16.3 Å². The highest BCUT2D eigenvalue weighted by Gasteiger charge is 2.16. The molecule has 4 rings (SSSR count). The van der Waals surface area contributed by atoms with E-state index in [4.69, 9.17) is 12.2 Å². The van der Waals surface area contributed by atoms with E-state index in [1.54, 1.807) is 4.57 Å². The van der Waals surface area contributed by atoms with Crippen LogP contribution in [0.15, 0.2) is 51.9 Å².